The summed E-state index contributed by atoms with van der Waals surface area (Å²) in [6.07, 6.45) is 13.2. The Kier molecular flexibility index (Phi) is 3.35. The van der Waals surface area contributed by atoms with Gasteiger partial charge in [-0.25, -0.2) is 0 Å². The Morgan fingerprint density at radius 2 is 1.91 bits per heavy atom. The van der Waals surface area contributed by atoms with Gasteiger partial charge in [-0.05, 0) is 79.1 Å². The van der Waals surface area contributed by atoms with E-state index >= 15 is 0 Å². The van der Waals surface area contributed by atoms with Gasteiger partial charge in [0.1, 0.15) is 0 Å². The van der Waals surface area contributed by atoms with Crippen molar-refractivity contribution in [3.63, 3.8) is 0 Å². The number of hydrogen-bond acceptors (Lipinski definition) is 2. The highest BCUT2D eigenvalue weighted by molar-refractivity contribution is 5.91. The fraction of sp³-hybridized carbons (Fsp3) is 0.850. The second-order valence-corrected chi connectivity index (χ2v) is 8.87. The molecular formula is C20H30O2. The van der Waals surface area contributed by atoms with Gasteiger partial charge in [-0.2, -0.15) is 0 Å². The molecule has 0 radical (unpaired) electrons. The van der Waals surface area contributed by atoms with Crippen molar-refractivity contribution in [1.29, 1.82) is 0 Å². The van der Waals surface area contributed by atoms with Crippen LogP contribution < -0.4 is 0 Å². The SMILES string of the molecule is CO[C@H]1CC[C@H]2C3CC[C@H]4CC(=O)C=C[C@]4(C)[C@H]3CC[C@]12C. The van der Waals surface area contributed by atoms with E-state index in [1.807, 2.05) is 13.2 Å². The van der Waals surface area contributed by atoms with Crippen LogP contribution in [-0.2, 0) is 9.53 Å². The quantitative estimate of drug-likeness (QED) is 0.718. The Labute approximate surface area is 134 Å². The normalized spacial score (nSPS) is 53.8. The molecule has 4 aliphatic rings. The lowest BCUT2D eigenvalue weighted by Crippen LogP contribution is -2.53. The van der Waals surface area contributed by atoms with E-state index in [-0.39, 0.29) is 5.41 Å². The number of ketones is 1. The predicted molar refractivity (Wildman–Crippen MR) is 87.4 cm³/mol. The third-order valence-corrected chi connectivity index (χ3v) is 8.24. The first-order valence-electron chi connectivity index (χ1n) is 9.24. The standard InChI is InChI=1S/C20H30O2/c1-19-10-8-14(21)12-13(19)4-5-15-16-6-7-18(22-3)20(16,2)11-9-17(15)19/h8,10,13,15-18H,4-7,9,11-12H2,1-3H3/t13-,15?,16-,17-,18-,19-,20-/m0/s1. The lowest BCUT2D eigenvalue weighted by molar-refractivity contribution is -0.124. The molecule has 122 valence electrons. The number of allylic oxidation sites excluding steroid dienone is 2. The second kappa shape index (κ2) is 4.93. The molecule has 0 aromatic carbocycles. The number of fused-ring (bicyclic) bond motifs is 5. The van der Waals surface area contributed by atoms with Gasteiger partial charge >= 0.3 is 0 Å². The minimum atomic E-state index is 0.267. The van der Waals surface area contributed by atoms with E-state index in [9.17, 15) is 4.79 Å². The van der Waals surface area contributed by atoms with Crippen molar-refractivity contribution in [2.24, 2.45) is 34.5 Å². The van der Waals surface area contributed by atoms with Gasteiger partial charge in [0.15, 0.2) is 5.78 Å². The maximum absolute atomic E-state index is 11.8. The summed E-state index contributed by atoms with van der Waals surface area (Å²) < 4.78 is 5.85. The smallest absolute Gasteiger partial charge is 0.155 e. The van der Waals surface area contributed by atoms with Gasteiger partial charge in [-0.1, -0.05) is 19.9 Å². The van der Waals surface area contributed by atoms with Crippen LogP contribution in [0.4, 0.5) is 0 Å². The zero-order valence-electron chi connectivity index (χ0n) is 14.3. The Bertz CT molecular complexity index is 510. The molecule has 0 N–H and O–H groups in total. The van der Waals surface area contributed by atoms with Crippen LogP contribution in [0.25, 0.3) is 0 Å². The van der Waals surface area contributed by atoms with Crippen LogP contribution in [0.15, 0.2) is 12.2 Å². The highest BCUT2D eigenvalue weighted by atomic mass is 16.5. The summed E-state index contributed by atoms with van der Waals surface area (Å²) >= 11 is 0. The number of hydrogen-bond donors (Lipinski definition) is 0. The van der Waals surface area contributed by atoms with Gasteiger partial charge in [-0.15, -0.1) is 0 Å². The van der Waals surface area contributed by atoms with E-state index < -0.39 is 0 Å². The summed E-state index contributed by atoms with van der Waals surface area (Å²) in [7, 11) is 1.90. The summed E-state index contributed by atoms with van der Waals surface area (Å²) in [6, 6.07) is 0. The summed E-state index contributed by atoms with van der Waals surface area (Å²) in [6.45, 7) is 4.94. The van der Waals surface area contributed by atoms with E-state index in [1.54, 1.807) is 0 Å². The minimum Gasteiger partial charge on any atom is -0.381 e. The van der Waals surface area contributed by atoms with Crippen LogP contribution in [-0.4, -0.2) is 19.0 Å². The number of methoxy groups -OCH3 is 1. The largest absolute Gasteiger partial charge is 0.381 e. The Morgan fingerprint density at radius 1 is 1.09 bits per heavy atom. The third-order valence-electron chi connectivity index (χ3n) is 8.24. The molecule has 1 unspecified atom stereocenters. The van der Waals surface area contributed by atoms with Gasteiger partial charge in [0.25, 0.3) is 0 Å². The molecule has 4 aliphatic carbocycles. The molecule has 0 bridgehead atoms. The molecule has 0 aromatic heterocycles. The molecule has 0 amide bonds. The minimum absolute atomic E-state index is 0.267. The first kappa shape index (κ1) is 14.9. The molecular weight excluding hydrogens is 272 g/mol. The summed E-state index contributed by atoms with van der Waals surface area (Å²) in [5.41, 5.74) is 0.663. The summed E-state index contributed by atoms with van der Waals surface area (Å²) in [5.74, 6) is 3.40. The molecule has 0 spiro atoms. The molecule has 7 atom stereocenters. The zero-order chi connectivity index (χ0) is 15.5. The van der Waals surface area contributed by atoms with E-state index in [2.05, 4.69) is 19.9 Å². The summed E-state index contributed by atoms with van der Waals surface area (Å²) in [5, 5.41) is 0. The number of carbonyl (C=O) groups is 1. The maximum atomic E-state index is 11.8. The molecule has 3 saturated carbocycles. The first-order valence-corrected chi connectivity index (χ1v) is 9.24. The predicted octanol–water partition coefficient (Wildman–Crippen LogP) is 4.39. The highest BCUT2D eigenvalue weighted by Crippen LogP contribution is 2.65. The van der Waals surface area contributed by atoms with Crippen molar-refractivity contribution in [2.45, 2.75) is 64.9 Å². The Morgan fingerprint density at radius 3 is 2.68 bits per heavy atom. The number of carbonyl (C=O) groups excluding carboxylic acids is 1. The van der Waals surface area contributed by atoms with Crippen LogP contribution in [0.1, 0.15) is 58.8 Å². The van der Waals surface area contributed by atoms with Gasteiger partial charge < -0.3 is 4.74 Å². The maximum Gasteiger partial charge on any atom is 0.155 e. The monoisotopic (exact) mass is 302 g/mol. The molecule has 22 heavy (non-hydrogen) atoms. The van der Waals surface area contributed by atoms with Crippen molar-refractivity contribution >= 4 is 5.78 Å². The lowest BCUT2D eigenvalue weighted by atomic mass is 9.46. The van der Waals surface area contributed by atoms with E-state index in [0.29, 0.717) is 23.2 Å². The molecule has 0 heterocycles. The van der Waals surface area contributed by atoms with Crippen LogP contribution in [0.2, 0.25) is 0 Å². The average Bonchev–Trinajstić information content (AvgIpc) is 2.84. The van der Waals surface area contributed by atoms with E-state index in [0.717, 1.165) is 24.2 Å². The molecule has 0 aromatic rings. The molecule has 3 fully saturated rings. The van der Waals surface area contributed by atoms with Gasteiger partial charge in [0.2, 0.25) is 0 Å². The average molecular weight is 302 g/mol. The van der Waals surface area contributed by atoms with E-state index in [4.69, 9.17) is 4.74 Å². The van der Waals surface area contributed by atoms with Gasteiger partial charge in [0, 0.05) is 13.5 Å². The lowest BCUT2D eigenvalue weighted by Gasteiger charge is -2.58. The van der Waals surface area contributed by atoms with Gasteiger partial charge in [0.05, 0.1) is 6.10 Å². The molecule has 4 rings (SSSR count). The second-order valence-electron chi connectivity index (χ2n) is 8.87. The van der Waals surface area contributed by atoms with Crippen LogP contribution >= 0.6 is 0 Å². The van der Waals surface area contributed by atoms with E-state index in [1.165, 1.54) is 38.5 Å². The third kappa shape index (κ3) is 1.85. The number of rotatable bonds is 1. The Balaban J connectivity index is 1.66. The van der Waals surface area contributed by atoms with Crippen LogP contribution in [0, 0.1) is 34.5 Å². The van der Waals surface area contributed by atoms with Crippen molar-refractivity contribution in [2.75, 3.05) is 7.11 Å². The van der Waals surface area contributed by atoms with Crippen molar-refractivity contribution in [3.05, 3.63) is 12.2 Å². The van der Waals surface area contributed by atoms with Crippen LogP contribution in [0.3, 0.4) is 0 Å². The van der Waals surface area contributed by atoms with Crippen molar-refractivity contribution in [1.82, 2.24) is 0 Å². The Hall–Kier alpha value is -0.630. The fourth-order valence-electron chi connectivity index (χ4n) is 6.97. The fourth-order valence-corrected chi connectivity index (χ4v) is 6.97. The van der Waals surface area contributed by atoms with Gasteiger partial charge in [-0.3, -0.25) is 4.79 Å². The van der Waals surface area contributed by atoms with Crippen LogP contribution in [0.5, 0.6) is 0 Å². The summed E-state index contributed by atoms with van der Waals surface area (Å²) in [4.78, 5) is 11.8. The molecule has 2 nitrogen and oxygen atoms in total. The van der Waals surface area contributed by atoms with Crippen molar-refractivity contribution < 1.29 is 9.53 Å². The highest BCUT2D eigenvalue weighted by Gasteiger charge is 2.59. The topological polar surface area (TPSA) is 26.3 Å². The zero-order valence-corrected chi connectivity index (χ0v) is 14.3. The van der Waals surface area contributed by atoms with Crippen molar-refractivity contribution in [3.8, 4) is 0 Å². The first-order chi connectivity index (χ1) is 10.5. The molecule has 0 aliphatic heterocycles. The molecule has 0 saturated heterocycles. The number of ether oxygens (including phenoxy) is 1. The molecule has 2 heteroatoms.